The fourth-order valence-electron chi connectivity index (χ4n) is 3.55. The molecule has 1 aromatic carbocycles. The van der Waals surface area contributed by atoms with Crippen LogP contribution in [0.5, 0.6) is 0 Å². The number of carbonyl (C=O) groups is 1. The van der Waals surface area contributed by atoms with Gasteiger partial charge >= 0.3 is 6.09 Å². The highest BCUT2D eigenvalue weighted by Crippen LogP contribution is 2.32. The molecular formula is C20H28N8O2. The maximum Gasteiger partial charge on any atom is 0.410 e. The Morgan fingerprint density at radius 2 is 1.93 bits per heavy atom. The predicted molar refractivity (Wildman–Crippen MR) is 115 cm³/mol. The molecule has 0 aliphatic carbocycles. The smallest absolute Gasteiger partial charge is 0.410 e. The number of nitrogen functional groups attached to an aromatic ring is 1. The summed E-state index contributed by atoms with van der Waals surface area (Å²) in [6.07, 6.45) is -0.300. The van der Waals surface area contributed by atoms with E-state index in [1.807, 2.05) is 37.8 Å². The van der Waals surface area contributed by atoms with Crippen molar-refractivity contribution < 1.29 is 9.53 Å². The van der Waals surface area contributed by atoms with Gasteiger partial charge in [-0.25, -0.2) is 15.2 Å². The first-order chi connectivity index (χ1) is 14.2. The average molecular weight is 412 g/mol. The molecule has 1 unspecified atom stereocenters. The average Bonchev–Trinajstić information content (AvgIpc) is 3.07. The van der Waals surface area contributed by atoms with E-state index in [-0.39, 0.29) is 18.0 Å². The van der Waals surface area contributed by atoms with E-state index in [2.05, 4.69) is 34.0 Å². The largest absolute Gasteiger partial charge is 0.444 e. The lowest BCUT2D eigenvalue weighted by molar-refractivity contribution is 0.0240. The van der Waals surface area contributed by atoms with Gasteiger partial charge in [0.05, 0.1) is 11.7 Å². The third-order valence-electron chi connectivity index (χ3n) is 5.12. The van der Waals surface area contributed by atoms with Gasteiger partial charge in [-0.1, -0.05) is 0 Å². The lowest BCUT2D eigenvalue weighted by Crippen LogP contribution is -2.50. The molecule has 1 amide bonds. The van der Waals surface area contributed by atoms with Gasteiger partial charge in [0.1, 0.15) is 5.60 Å². The Labute approximate surface area is 175 Å². The number of rotatable bonds is 2. The molecule has 0 radical (unpaired) electrons. The number of hydrogen-bond donors (Lipinski definition) is 3. The van der Waals surface area contributed by atoms with Gasteiger partial charge in [-0.15, -0.1) is 10.2 Å². The monoisotopic (exact) mass is 412 g/mol. The van der Waals surface area contributed by atoms with E-state index in [1.165, 1.54) is 0 Å². The molecule has 1 atom stereocenters. The van der Waals surface area contributed by atoms with Crippen LogP contribution in [0.4, 0.5) is 22.1 Å². The van der Waals surface area contributed by atoms with E-state index >= 15 is 0 Å². The number of aromatic nitrogens is 3. The standard InChI is InChI=1S/C20H28N8O2/c1-12-14-11-13(5-6-15(14)24-23-12)17-22-18(16(21)25-26-17)27-7-9-28(10-8-27)19(29)30-20(2,3)4/h5-6,11-12,23-24H,7-10H2,1-4H3,(H2,21,25). The maximum absolute atomic E-state index is 12.3. The summed E-state index contributed by atoms with van der Waals surface area (Å²) in [7, 11) is 0. The van der Waals surface area contributed by atoms with Gasteiger partial charge in [0.15, 0.2) is 17.5 Å². The van der Waals surface area contributed by atoms with Gasteiger partial charge in [0.2, 0.25) is 0 Å². The fourth-order valence-corrected chi connectivity index (χ4v) is 3.55. The molecule has 160 valence electrons. The number of piperazine rings is 1. The van der Waals surface area contributed by atoms with E-state index < -0.39 is 5.60 Å². The summed E-state index contributed by atoms with van der Waals surface area (Å²) in [4.78, 5) is 20.7. The molecule has 1 aromatic heterocycles. The van der Waals surface area contributed by atoms with Crippen molar-refractivity contribution in [3.63, 3.8) is 0 Å². The normalized spacial score (nSPS) is 18.7. The minimum absolute atomic E-state index is 0.196. The van der Waals surface area contributed by atoms with Crippen LogP contribution < -0.4 is 21.5 Å². The van der Waals surface area contributed by atoms with Gasteiger partial charge in [-0.2, -0.15) is 0 Å². The van der Waals surface area contributed by atoms with Crippen molar-refractivity contribution in [1.82, 2.24) is 25.5 Å². The highest BCUT2D eigenvalue weighted by Gasteiger charge is 2.28. The van der Waals surface area contributed by atoms with E-state index in [0.29, 0.717) is 37.8 Å². The number of amides is 1. The number of ether oxygens (including phenoxy) is 1. The molecule has 1 fully saturated rings. The molecule has 2 aliphatic rings. The number of benzene rings is 1. The quantitative estimate of drug-likeness (QED) is 0.681. The molecule has 30 heavy (non-hydrogen) atoms. The zero-order chi connectivity index (χ0) is 21.5. The van der Waals surface area contributed by atoms with Gasteiger partial charge in [0.25, 0.3) is 0 Å². The van der Waals surface area contributed by atoms with Crippen molar-refractivity contribution in [3.8, 4) is 11.4 Å². The van der Waals surface area contributed by atoms with Crippen LogP contribution in [0.1, 0.15) is 39.3 Å². The second kappa shape index (κ2) is 7.60. The number of hydrogen-bond acceptors (Lipinski definition) is 9. The van der Waals surface area contributed by atoms with Gasteiger partial charge in [-0.3, -0.25) is 0 Å². The number of anilines is 3. The summed E-state index contributed by atoms with van der Waals surface area (Å²) in [5.41, 5.74) is 15.0. The third kappa shape index (κ3) is 4.09. The van der Waals surface area contributed by atoms with E-state index in [1.54, 1.807) is 4.90 Å². The lowest BCUT2D eigenvalue weighted by atomic mass is 10.0. The van der Waals surface area contributed by atoms with Gasteiger partial charge in [0, 0.05) is 31.7 Å². The summed E-state index contributed by atoms with van der Waals surface area (Å²) in [5.74, 6) is 1.40. The Bertz CT molecular complexity index is 950. The Morgan fingerprint density at radius 1 is 1.20 bits per heavy atom. The van der Waals surface area contributed by atoms with Crippen LogP contribution in [0, 0.1) is 0 Å². The minimum atomic E-state index is -0.511. The molecule has 0 saturated carbocycles. The van der Waals surface area contributed by atoms with Crippen LogP contribution in [0.25, 0.3) is 11.4 Å². The van der Waals surface area contributed by atoms with Crippen LogP contribution in [0.3, 0.4) is 0 Å². The van der Waals surface area contributed by atoms with Crippen molar-refractivity contribution in [2.24, 2.45) is 0 Å². The predicted octanol–water partition coefficient (Wildman–Crippen LogP) is 2.17. The summed E-state index contributed by atoms with van der Waals surface area (Å²) in [6.45, 7) is 9.92. The Hall–Kier alpha value is -3.14. The lowest BCUT2D eigenvalue weighted by Gasteiger charge is -2.36. The number of nitrogens with two attached hydrogens (primary N) is 1. The van der Waals surface area contributed by atoms with Crippen molar-refractivity contribution >= 4 is 23.4 Å². The molecule has 3 heterocycles. The van der Waals surface area contributed by atoms with Crippen molar-refractivity contribution in [2.75, 3.05) is 42.2 Å². The first-order valence-electron chi connectivity index (χ1n) is 10.1. The molecule has 0 bridgehead atoms. The number of carbonyl (C=O) groups excluding carboxylic acids is 1. The van der Waals surface area contributed by atoms with E-state index in [4.69, 9.17) is 15.5 Å². The number of nitrogens with zero attached hydrogens (tertiary/aromatic N) is 5. The van der Waals surface area contributed by atoms with Crippen LogP contribution in [-0.4, -0.2) is 58.0 Å². The maximum atomic E-state index is 12.3. The van der Waals surface area contributed by atoms with Gasteiger partial charge in [-0.05, 0) is 51.5 Å². The molecule has 2 aromatic rings. The zero-order valence-electron chi connectivity index (χ0n) is 17.8. The SMILES string of the molecule is CC1NNc2ccc(-c3nnc(N)c(N4CCN(C(=O)OC(C)(C)C)CC4)n3)cc21. The Balaban J connectivity index is 1.50. The Morgan fingerprint density at radius 3 is 2.63 bits per heavy atom. The summed E-state index contributed by atoms with van der Waals surface area (Å²) < 4.78 is 5.46. The molecular weight excluding hydrogens is 384 g/mol. The van der Waals surface area contributed by atoms with Crippen LogP contribution in [-0.2, 0) is 4.74 Å². The summed E-state index contributed by atoms with van der Waals surface area (Å²) in [5, 5.41) is 8.33. The third-order valence-corrected chi connectivity index (χ3v) is 5.12. The number of hydrazine groups is 1. The van der Waals surface area contributed by atoms with Crippen LogP contribution in [0.2, 0.25) is 0 Å². The summed E-state index contributed by atoms with van der Waals surface area (Å²) in [6, 6.07) is 6.22. The number of nitrogens with one attached hydrogen (secondary N) is 2. The molecule has 1 saturated heterocycles. The Kier molecular flexibility index (Phi) is 5.10. The first-order valence-corrected chi connectivity index (χ1v) is 10.1. The second-order valence-corrected chi connectivity index (χ2v) is 8.59. The zero-order valence-corrected chi connectivity index (χ0v) is 17.8. The molecule has 2 aliphatic heterocycles. The molecule has 10 nitrogen and oxygen atoms in total. The minimum Gasteiger partial charge on any atom is -0.444 e. The van der Waals surface area contributed by atoms with Gasteiger partial charge < -0.3 is 25.7 Å². The molecule has 4 rings (SSSR count). The molecule has 10 heteroatoms. The van der Waals surface area contributed by atoms with Crippen molar-refractivity contribution in [3.05, 3.63) is 23.8 Å². The van der Waals surface area contributed by atoms with Crippen LogP contribution >= 0.6 is 0 Å². The summed E-state index contributed by atoms with van der Waals surface area (Å²) >= 11 is 0. The fraction of sp³-hybridized carbons (Fsp3) is 0.500. The van der Waals surface area contributed by atoms with Crippen molar-refractivity contribution in [2.45, 2.75) is 39.3 Å². The first kappa shape index (κ1) is 20.1. The topological polar surface area (TPSA) is 122 Å². The highest BCUT2D eigenvalue weighted by atomic mass is 16.6. The second-order valence-electron chi connectivity index (χ2n) is 8.59. The van der Waals surface area contributed by atoms with Crippen LogP contribution in [0.15, 0.2) is 18.2 Å². The van der Waals surface area contributed by atoms with E-state index in [9.17, 15) is 4.79 Å². The highest BCUT2D eigenvalue weighted by molar-refractivity contribution is 5.70. The number of fused-ring (bicyclic) bond motifs is 1. The molecule has 4 N–H and O–H groups in total. The van der Waals surface area contributed by atoms with Crippen molar-refractivity contribution in [1.29, 1.82) is 0 Å². The molecule has 0 spiro atoms. The van der Waals surface area contributed by atoms with E-state index in [0.717, 1.165) is 16.8 Å².